The van der Waals surface area contributed by atoms with E-state index >= 15 is 0 Å². The van der Waals surface area contributed by atoms with Gasteiger partial charge in [-0.25, -0.2) is 0 Å². The number of nitrogens with zero attached hydrogens (tertiary/aromatic N) is 3. The molecule has 1 amide bonds. The summed E-state index contributed by atoms with van der Waals surface area (Å²) >= 11 is 11.5. The first kappa shape index (κ1) is 49.9. The van der Waals surface area contributed by atoms with Crippen LogP contribution in [0.4, 0.5) is 14.5 Å². The number of carbonyl (C=O) groups is 1. The number of halogens is 4. The molecule has 0 spiro atoms. The van der Waals surface area contributed by atoms with E-state index in [1.807, 2.05) is 47.2 Å². The van der Waals surface area contributed by atoms with Crippen LogP contribution in [-0.2, 0) is 24.6 Å². The number of sulfone groups is 1. The summed E-state index contributed by atoms with van der Waals surface area (Å²) in [4.78, 5) is 19.9. The molecular weight excluding hydrogens is 997 g/mol. The van der Waals surface area contributed by atoms with Crippen molar-refractivity contribution >= 4 is 92.1 Å². The number of morpholine rings is 1. The minimum absolute atomic E-state index is 0.0558. The van der Waals surface area contributed by atoms with E-state index in [9.17, 15) is 30.4 Å². The molecule has 65 heavy (non-hydrogen) atoms. The third kappa shape index (κ3) is 13.2. The Morgan fingerprint density at radius 3 is 2.23 bits per heavy atom. The number of thioether (sulfide) groups is 1. The van der Waals surface area contributed by atoms with Crippen LogP contribution in [0.15, 0.2) is 117 Å². The largest absolute Gasteiger partial charge is 0.0843 e. The van der Waals surface area contributed by atoms with Crippen LogP contribution in [0.3, 0.4) is 0 Å². The average molecular weight is 1050 g/mol. The van der Waals surface area contributed by atoms with E-state index in [4.69, 9.17) is 27.9 Å². The molecule has 0 radical (unpaired) electrons. The fourth-order valence-electron chi connectivity index (χ4n) is 8.39. The maximum absolute atomic E-state index is 14.6. The number of rotatable bonds is 17. The van der Waals surface area contributed by atoms with Gasteiger partial charge in [-0.15, -0.1) is 0 Å². The topological polar surface area (TPSA) is 116 Å². The molecule has 3 aliphatic rings. The predicted octanol–water partition coefficient (Wildman–Crippen LogP) is 8.17. The number of nitrogens with one attached hydrogen (secondary N) is 1. The summed E-state index contributed by atoms with van der Waals surface area (Å²) in [6.45, 7) is 12.2. The van der Waals surface area contributed by atoms with Gasteiger partial charge in [0.05, 0.1) is 0 Å². The summed E-state index contributed by atoms with van der Waals surface area (Å²) < 4.78 is 86.2. The van der Waals surface area contributed by atoms with Gasteiger partial charge >= 0.3 is 272 Å². The summed E-state index contributed by atoms with van der Waals surface area (Å²) in [5.74, 6) is -0.354. The van der Waals surface area contributed by atoms with Crippen LogP contribution in [0, 0.1) is 5.41 Å². The second kappa shape index (κ2) is 21.5. The van der Waals surface area contributed by atoms with Crippen molar-refractivity contribution in [2.45, 2.75) is 63.6 Å². The molecule has 2 fully saturated rings. The van der Waals surface area contributed by atoms with Crippen LogP contribution in [0.1, 0.15) is 55.5 Å². The molecule has 10 nitrogen and oxygen atoms in total. The van der Waals surface area contributed by atoms with Crippen LogP contribution in [0.2, 0.25) is 9.73 Å². The van der Waals surface area contributed by atoms with E-state index < -0.39 is 56.0 Å². The van der Waals surface area contributed by atoms with E-state index in [-0.39, 0.29) is 20.0 Å². The minimum Gasteiger partial charge on any atom is -0.0843 e. The summed E-state index contributed by atoms with van der Waals surface area (Å²) in [6.07, 6.45) is 3.87. The number of carbonyl (C=O) groups excluding carboxylic acids is 1. The number of ether oxygens (including phenoxy) is 1. The Labute approximate surface area is 403 Å². The molecule has 2 aliphatic heterocycles. The van der Waals surface area contributed by atoms with Crippen molar-refractivity contribution in [1.29, 1.82) is 0 Å². The summed E-state index contributed by atoms with van der Waals surface area (Å²) in [5.41, 5.74) is 5.27. The third-order valence-corrected chi connectivity index (χ3v) is 21.5. The monoisotopic (exact) mass is 1050 g/mol. The number of piperazine rings is 1. The first-order valence-corrected chi connectivity index (χ1v) is 28.6. The van der Waals surface area contributed by atoms with Gasteiger partial charge in [0, 0.05) is 37.7 Å². The van der Waals surface area contributed by atoms with Crippen molar-refractivity contribution in [3.8, 4) is 0 Å². The third-order valence-electron chi connectivity index (χ3n) is 12.2. The molecule has 350 valence electrons. The minimum atomic E-state index is -5.53. The number of benzene rings is 4. The number of hydrogen-bond acceptors (Lipinski definition) is 10. The quantitative estimate of drug-likeness (QED) is 0.0631. The van der Waals surface area contributed by atoms with Crippen molar-refractivity contribution in [3.63, 3.8) is 0 Å². The van der Waals surface area contributed by atoms with E-state index in [0.717, 1.165) is 86.7 Å². The van der Waals surface area contributed by atoms with E-state index in [1.54, 1.807) is 23.9 Å². The molecule has 0 saturated carbocycles. The van der Waals surface area contributed by atoms with E-state index in [1.165, 1.54) is 34.9 Å². The van der Waals surface area contributed by atoms with Crippen LogP contribution in [0.5, 0.6) is 0 Å². The number of amides is 1. The van der Waals surface area contributed by atoms with Crippen LogP contribution < -0.4 is 14.0 Å². The zero-order valence-electron chi connectivity index (χ0n) is 36.4. The molecule has 4 aromatic carbocycles. The summed E-state index contributed by atoms with van der Waals surface area (Å²) in [6, 6.07) is 27.5. The molecule has 7 rings (SSSR count). The Bertz CT molecular complexity index is 2540. The summed E-state index contributed by atoms with van der Waals surface area (Å²) in [5, 5.41) is 0.723. The molecule has 2 atom stereocenters. The molecule has 2 saturated heterocycles. The molecule has 1 aliphatic carbocycles. The van der Waals surface area contributed by atoms with Gasteiger partial charge in [-0.05, 0) is 47.9 Å². The van der Waals surface area contributed by atoms with Crippen LogP contribution >= 0.6 is 35.0 Å². The Kier molecular flexibility index (Phi) is 16.5. The molecule has 4 aromatic rings. The van der Waals surface area contributed by atoms with Crippen molar-refractivity contribution in [3.05, 3.63) is 119 Å². The molecule has 1 N–H and O–H groups in total. The normalized spacial score (nSPS) is 18.6. The SMILES string of the molecule is CC1(C)CCC(CN2CCN(c3ccc(C(=O)NS(=O)(=O)c4ccc([AsH][C@H](CCN5CCOCC5)CSc5ccccc5)c(S(=O)(=O)C(F)(F)Cl)c4)cc3)CC2)=C(c2ccc(Cl)cc2)C1. The van der Waals surface area contributed by atoms with Gasteiger partial charge in [-0.2, -0.15) is 0 Å². The Hall–Kier alpha value is -2.98. The Morgan fingerprint density at radius 2 is 1.57 bits per heavy atom. The van der Waals surface area contributed by atoms with Gasteiger partial charge in [0.1, 0.15) is 0 Å². The van der Waals surface area contributed by atoms with Gasteiger partial charge in [0.2, 0.25) is 0 Å². The smallest absolute Gasteiger partial charge is 0.0406 e. The van der Waals surface area contributed by atoms with Gasteiger partial charge < -0.3 is 0 Å². The van der Waals surface area contributed by atoms with Gasteiger partial charge in [0.25, 0.3) is 0 Å². The van der Waals surface area contributed by atoms with Crippen LogP contribution in [-0.4, -0.2) is 124 Å². The number of anilines is 1. The van der Waals surface area contributed by atoms with Gasteiger partial charge in [0.15, 0.2) is 0 Å². The zero-order chi connectivity index (χ0) is 46.4. The number of hydrogen-bond donors (Lipinski definition) is 1. The van der Waals surface area contributed by atoms with E-state index in [2.05, 4.69) is 40.7 Å². The molecular formula is C47H55AsCl2F2N4O6S3. The van der Waals surface area contributed by atoms with Crippen molar-refractivity contribution in [1.82, 2.24) is 14.5 Å². The average Bonchev–Trinajstić information content (AvgIpc) is 3.28. The van der Waals surface area contributed by atoms with Gasteiger partial charge in [-0.1, -0.05) is 43.2 Å². The number of allylic oxidation sites excluding steroid dienone is 1. The second-order valence-corrected chi connectivity index (χ2v) is 26.8. The first-order valence-electron chi connectivity index (χ1n) is 21.7. The Balaban J connectivity index is 1.02. The molecule has 0 bridgehead atoms. The molecule has 18 heteroatoms. The standard InChI is InChI=1S/C47H55AsCl2F2N4O6S3/c1-46(2)20-18-36(42(31-46)34-8-12-38(49)13-9-34)32-55-22-24-56(25-23-55)39-14-10-35(11-15-39)45(57)53-65(60,61)41-16-17-43(44(30-41)64(58,59)47(50,51)52)48-37(19-21-54-26-28-62-29-27-54)33-63-40-6-4-3-5-7-40/h3-17,30,37,48H,18-29,31-33H2,1-2H3,(H,53,57)/t37-/m1/s1. The maximum atomic E-state index is 14.6. The molecule has 0 aromatic heterocycles. The fourth-order valence-corrected chi connectivity index (χ4v) is 16.2. The predicted molar refractivity (Wildman–Crippen MR) is 260 cm³/mol. The fraction of sp³-hybridized carbons (Fsp3) is 0.426. The van der Waals surface area contributed by atoms with Crippen molar-refractivity contribution in [2.24, 2.45) is 5.41 Å². The van der Waals surface area contributed by atoms with Crippen LogP contribution in [0.25, 0.3) is 5.57 Å². The number of alkyl halides is 3. The zero-order valence-corrected chi connectivity index (χ0v) is 42.5. The van der Waals surface area contributed by atoms with Crippen molar-refractivity contribution in [2.75, 3.05) is 76.2 Å². The summed E-state index contributed by atoms with van der Waals surface area (Å²) in [7, 11) is -10.2. The molecule has 1 unspecified atom stereocenters. The van der Waals surface area contributed by atoms with Crippen molar-refractivity contribution < 1.29 is 35.1 Å². The maximum Gasteiger partial charge on any atom is 0.0406 e. The van der Waals surface area contributed by atoms with E-state index in [0.29, 0.717) is 38.0 Å². The number of sulfonamides is 1. The second-order valence-electron chi connectivity index (χ2n) is 17.5. The molecule has 2 heterocycles. The first-order chi connectivity index (χ1) is 30.9. The van der Waals surface area contributed by atoms with Gasteiger partial charge in [-0.3, -0.25) is 4.90 Å². The Morgan fingerprint density at radius 1 is 0.892 bits per heavy atom.